The summed E-state index contributed by atoms with van der Waals surface area (Å²) in [5, 5.41) is 5.68. The van der Waals surface area contributed by atoms with Crippen LogP contribution in [0, 0.1) is 6.92 Å². The molecule has 0 fully saturated rings. The Hall–Kier alpha value is -3.94. The Morgan fingerprint density at radius 3 is 2.50 bits per heavy atom. The van der Waals surface area contributed by atoms with Crippen LogP contribution in [0.3, 0.4) is 0 Å². The zero-order valence-electron chi connectivity index (χ0n) is 23.9. The van der Waals surface area contributed by atoms with E-state index in [1.165, 1.54) is 4.68 Å². The van der Waals surface area contributed by atoms with Crippen LogP contribution in [0.1, 0.15) is 48.9 Å². The van der Waals surface area contributed by atoms with Crippen LogP contribution in [0.5, 0.6) is 11.5 Å². The minimum atomic E-state index is -0.279. The van der Waals surface area contributed by atoms with Crippen LogP contribution in [0.25, 0.3) is 22.3 Å². The van der Waals surface area contributed by atoms with Gasteiger partial charge in [0.2, 0.25) is 0 Å². The summed E-state index contributed by atoms with van der Waals surface area (Å²) in [6, 6.07) is 24.8. The predicted molar refractivity (Wildman–Crippen MR) is 174 cm³/mol. The first-order chi connectivity index (χ1) is 20.3. The summed E-state index contributed by atoms with van der Waals surface area (Å²) in [5.74, 6) is 2.03. The number of para-hydroxylation sites is 1. The van der Waals surface area contributed by atoms with Crippen LogP contribution in [-0.2, 0) is 6.61 Å². The first-order valence-electron chi connectivity index (χ1n) is 13.8. The van der Waals surface area contributed by atoms with E-state index < -0.39 is 0 Å². The lowest BCUT2D eigenvalue weighted by Gasteiger charge is -2.18. The third kappa shape index (κ3) is 6.27. The molecule has 8 heteroatoms. The van der Waals surface area contributed by atoms with E-state index in [4.69, 9.17) is 31.2 Å². The number of nitrogens with zero attached hydrogens (tertiary/aromatic N) is 3. The third-order valence-electron chi connectivity index (χ3n) is 6.85. The Morgan fingerprint density at radius 2 is 1.76 bits per heavy atom. The monoisotopic (exact) mass is 643 g/mol. The van der Waals surface area contributed by atoms with Gasteiger partial charge in [-0.25, -0.2) is 4.98 Å². The van der Waals surface area contributed by atoms with E-state index in [1.54, 1.807) is 24.4 Å². The van der Waals surface area contributed by atoms with Gasteiger partial charge in [-0.3, -0.25) is 4.79 Å². The lowest BCUT2D eigenvalue weighted by atomic mass is 9.96. The molecular formula is C34H31BrClN3O3. The normalized spacial score (nSPS) is 11.5. The fraction of sp³-hybridized carbons (Fsp3) is 0.206. The Morgan fingerprint density at radius 1 is 1.02 bits per heavy atom. The zero-order valence-corrected chi connectivity index (χ0v) is 26.2. The molecule has 0 unspecified atom stereocenters. The quantitative estimate of drug-likeness (QED) is 0.151. The van der Waals surface area contributed by atoms with Gasteiger partial charge >= 0.3 is 0 Å². The number of aryl methyl sites for hydroxylation is 1. The number of hydrogen-bond donors (Lipinski definition) is 0. The number of hydrogen-bond acceptors (Lipinski definition) is 5. The van der Waals surface area contributed by atoms with Gasteiger partial charge in [0.1, 0.15) is 18.1 Å². The molecule has 0 radical (unpaired) electrons. The number of ether oxygens (including phenoxy) is 2. The lowest BCUT2D eigenvalue weighted by Crippen LogP contribution is -2.21. The molecule has 0 amide bonds. The Bertz CT molecular complexity index is 1830. The topological polar surface area (TPSA) is 65.7 Å². The van der Waals surface area contributed by atoms with Gasteiger partial charge in [0.15, 0.2) is 5.82 Å². The van der Waals surface area contributed by atoms with Gasteiger partial charge in [0.05, 0.1) is 28.2 Å². The molecule has 0 N–H and O–H groups in total. The van der Waals surface area contributed by atoms with Crippen molar-refractivity contribution in [3.8, 4) is 22.9 Å². The van der Waals surface area contributed by atoms with E-state index in [1.807, 2.05) is 68.4 Å². The maximum Gasteiger partial charge on any atom is 0.282 e. The van der Waals surface area contributed by atoms with Crippen molar-refractivity contribution < 1.29 is 9.47 Å². The summed E-state index contributed by atoms with van der Waals surface area (Å²) >= 11 is 10.0. The van der Waals surface area contributed by atoms with Crippen molar-refractivity contribution in [3.63, 3.8) is 0 Å². The molecule has 0 spiro atoms. The van der Waals surface area contributed by atoms with Gasteiger partial charge in [-0.1, -0.05) is 67.9 Å². The van der Waals surface area contributed by atoms with Gasteiger partial charge in [0.25, 0.3) is 5.56 Å². The molecule has 5 rings (SSSR count). The standard InChI is InChI=1S/C34H31BrClN3O3/c1-5-41-31-15-22(4)28(18-27(31)21(2)3)33-38-30-14-10-9-13-26(30)34(40)39(33)37-19-24-16-25(36)17-29(35)32(24)42-20-23-11-7-6-8-12-23/h6-19,21H,5,20H2,1-4H3. The molecule has 0 saturated carbocycles. The Balaban J connectivity index is 1.67. The van der Waals surface area contributed by atoms with E-state index >= 15 is 0 Å². The summed E-state index contributed by atoms with van der Waals surface area (Å²) in [5.41, 5.74) is 4.71. The molecule has 5 aromatic rings. The van der Waals surface area contributed by atoms with E-state index in [-0.39, 0.29) is 11.5 Å². The molecule has 6 nitrogen and oxygen atoms in total. The Kier molecular flexibility index (Phi) is 9.09. The SMILES string of the molecule is CCOc1cc(C)c(-c2nc3ccccc3c(=O)n2N=Cc2cc(Cl)cc(Br)c2OCc2ccccc2)cc1C(C)C. The van der Waals surface area contributed by atoms with Crippen molar-refractivity contribution in [1.82, 2.24) is 9.66 Å². The van der Waals surface area contributed by atoms with Crippen molar-refractivity contribution in [1.29, 1.82) is 0 Å². The van der Waals surface area contributed by atoms with Crippen LogP contribution < -0.4 is 15.0 Å². The highest BCUT2D eigenvalue weighted by atomic mass is 79.9. The summed E-state index contributed by atoms with van der Waals surface area (Å²) in [4.78, 5) is 18.8. The van der Waals surface area contributed by atoms with Crippen LogP contribution in [0.15, 0.2) is 93.2 Å². The molecule has 0 aliphatic rings. The molecule has 0 bridgehead atoms. The van der Waals surface area contributed by atoms with Crippen molar-refractivity contribution >= 4 is 44.6 Å². The number of fused-ring (bicyclic) bond motifs is 1. The van der Waals surface area contributed by atoms with Crippen LogP contribution in [0.4, 0.5) is 0 Å². The maximum atomic E-state index is 13.9. The fourth-order valence-electron chi connectivity index (χ4n) is 4.75. The first-order valence-corrected chi connectivity index (χ1v) is 14.9. The van der Waals surface area contributed by atoms with Gasteiger partial charge < -0.3 is 9.47 Å². The van der Waals surface area contributed by atoms with Crippen molar-refractivity contribution in [2.75, 3.05) is 6.61 Å². The molecule has 0 atom stereocenters. The van der Waals surface area contributed by atoms with Crippen molar-refractivity contribution in [2.24, 2.45) is 5.10 Å². The van der Waals surface area contributed by atoms with Crippen LogP contribution >= 0.6 is 27.5 Å². The van der Waals surface area contributed by atoms with Gasteiger partial charge in [-0.05, 0) is 88.8 Å². The van der Waals surface area contributed by atoms with E-state index in [0.29, 0.717) is 50.7 Å². The number of aromatic nitrogens is 2. The predicted octanol–water partition coefficient (Wildman–Crippen LogP) is 8.77. The van der Waals surface area contributed by atoms with E-state index in [2.05, 4.69) is 35.8 Å². The second-order valence-corrected chi connectivity index (χ2v) is 11.5. The van der Waals surface area contributed by atoms with Crippen molar-refractivity contribution in [3.05, 3.63) is 121 Å². The zero-order chi connectivity index (χ0) is 29.8. The fourth-order valence-corrected chi connectivity index (χ4v) is 5.70. The van der Waals surface area contributed by atoms with Crippen molar-refractivity contribution in [2.45, 2.75) is 40.2 Å². The number of rotatable bonds is 9. The molecule has 0 aliphatic carbocycles. The first kappa shape index (κ1) is 29.5. The lowest BCUT2D eigenvalue weighted by molar-refractivity contribution is 0.304. The summed E-state index contributed by atoms with van der Waals surface area (Å²) in [6.07, 6.45) is 1.59. The van der Waals surface area contributed by atoms with Gasteiger partial charge in [-0.2, -0.15) is 9.78 Å². The third-order valence-corrected chi connectivity index (χ3v) is 7.66. The molecule has 0 aliphatic heterocycles. The minimum Gasteiger partial charge on any atom is -0.494 e. The highest BCUT2D eigenvalue weighted by Crippen LogP contribution is 2.35. The molecule has 1 aromatic heterocycles. The number of halogens is 2. The molecule has 0 saturated heterocycles. The summed E-state index contributed by atoms with van der Waals surface area (Å²) in [7, 11) is 0. The molecular weight excluding hydrogens is 614 g/mol. The molecule has 1 heterocycles. The van der Waals surface area contributed by atoms with Crippen LogP contribution in [-0.4, -0.2) is 22.5 Å². The average Bonchev–Trinajstić information content (AvgIpc) is 2.97. The maximum absolute atomic E-state index is 13.9. The highest BCUT2D eigenvalue weighted by Gasteiger charge is 2.19. The Labute approximate surface area is 258 Å². The number of benzene rings is 4. The highest BCUT2D eigenvalue weighted by molar-refractivity contribution is 9.10. The van der Waals surface area contributed by atoms with Gasteiger partial charge in [0, 0.05) is 16.1 Å². The van der Waals surface area contributed by atoms with E-state index in [0.717, 1.165) is 28.0 Å². The molecule has 42 heavy (non-hydrogen) atoms. The molecule has 4 aromatic carbocycles. The largest absolute Gasteiger partial charge is 0.494 e. The molecule has 214 valence electrons. The average molecular weight is 645 g/mol. The summed E-state index contributed by atoms with van der Waals surface area (Å²) < 4.78 is 14.2. The second-order valence-electron chi connectivity index (χ2n) is 10.2. The second kappa shape index (κ2) is 12.9. The smallest absolute Gasteiger partial charge is 0.282 e. The van der Waals surface area contributed by atoms with Gasteiger partial charge in [-0.15, -0.1) is 0 Å². The van der Waals surface area contributed by atoms with E-state index in [9.17, 15) is 4.79 Å². The summed E-state index contributed by atoms with van der Waals surface area (Å²) in [6.45, 7) is 9.10. The van der Waals surface area contributed by atoms with Crippen LogP contribution in [0.2, 0.25) is 5.02 Å². The minimum absolute atomic E-state index is 0.197.